The molecular formula is C13H10ClNO3. The number of benzene rings is 1. The fourth-order valence-electron chi connectivity index (χ4n) is 1.65. The molecule has 92 valence electrons. The third-order valence-electron chi connectivity index (χ3n) is 2.46. The smallest absolute Gasteiger partial charge is 0.337 e. The van der Waals surface area contributed by atoms with Gasteiger partial charge in [0.1, 0.15) is 5.75 Å². The van der Waals surface area contributed by atoms with Crippen LogP contribution in [0.5, 0.6) is 5.75 Å². The number of rotatable bonds is 3. The molecule has 0 spiro atoms. The number of aromatic carboxylic acids is 1. The monoisotopic (exact) mass is 263 g/mol. The fourth-order valence-corrected chi connectivity index (χ4v) is 1.82. The van der Waals surface area contributed by atoms with Gasteiger partial charge in [-0.05, 0) is 30.3 Å². The lowest BCUT2D eigenvalue weighted by Gasteiger charge is -2.10. The van der Waals surface area contributed by atoms with Gasteiger partial charge in [-0.3, -0.25) is 4.98 Å². The lowest BCUT2D eigenvalue weighted by atomic mass is 10.0. The number of hydrogen-bond donors (Lipinski definition) is 1. The van der Waals surface area contributed by atoms with Gasteiger partial charge >= 0.3 is 5.97 Å². The Morgan fingerprint density at radius 3 is 2.83 bits per heavy atom. The van der Waals surface area contributed by atoms with Crippen LogP contribution in [0, 0.1) is 0 Å². The van der Waals surface area contributed by atoms with E-state index in [0.29, 0.717) is 22.0 Å². The lowest BCUT2D eigenvalue weighted by Crippen LogP contribution is -2.02. The standard InChI is InChI=1S/C13H10ClNO3/c1-18-11-7-8(14)4-5-9(11)12-10(13(16)17)3-2-6-15-12/h2-7H,1H3,(H,16,17). The number of carboxylic acid groups (broad SMARTS) is 1. The van der Waals surface area contributed by atoms with E-state index in [4.69, 9.17) is 21.4 Å². The van der Waals surface area contributed by atoms with E-state index in [1.165, 1.54) is 19.4 Å². The predicted octanol–water partition coefficient (Wildman–Crippen LogP) is 3.11. The SMILES string of the molecule is COc1cc(Cl)ccc1-c1ncccc1C(=O)O. The predicted molar refractivity (Wildman–Crippen MR) is 68.2 cm³/mol. The lowest BCUT2D eigenvalue weighted by molar-refractivity contribution is 0.0697. The molecule has 0 fully saturated rings. The van der Waals surface area contributed by atoms with Gasteiger partial charge in [-0.15, -0.1) is 0 Å². The molecule has 0 saturated heterocycles. The van der Waals surface area contributed by atoms with Crippen LogP contribution in [0.4, 0.5) is 0 Å². The Labute approximate surface area is 109 Å². The molecule has 2 rings (SSSR count). The molecule has 0 unspecified atom stereocenters. The Balaban J connectivity index is 2.65. The second-order valence-corrected chi connectivity index (χ2v) is 3.99. The first-order valence-corrected chi connectivity index (χ1v) is 5.53. The van der Waals surface area contributed by atoms with E-state index < -0.39 is 5.97 Å². The van der Waals surface area contributed by atoms with E-state index in [0.717, 1.165) is 0 Å². The molecule has 1 aromatic carbocycles. The first kappa shape index (κ1) is 12.4. The number of carbonyl (C=O) groups is 1. The molecule has 1 aromatic heterocycles. The zero-order valence-corrected chi connectivity index (χ0v) is 10.3. The molecular weight excluding hydrogens is 254 g/mol. The highest BCUT2D eigenvalue weighted by atomic mass is 35.5. The summed E-state index contributed by atoms with van der Waals surface area (Å²) in [4.78, 5) is 15.3. The van der Waals surface area contributed by atoms with Crippen LogP contribution in [0.1, 0.15) is 10.4 Å². The molecule has 0 radical (unpaired) electrons. The van der Waals surface area contributed by atoms with Crippen molar-refractivity contribution in [1.82, 2.24) is 4.98 Å². The highest BCUT2D eigenvalue weighted by Crippen LogP contribution is 2.32. The molecule has 0 aliphatic heterocycles. The Bertz CT molecular complexity index is 599. The minimum Gasteiger partial charge on any atom is -0.496 e. The van der Waals surface area contributed by atoms with Crippen molar-refractivity contribution in [3.8, 4) is 17.0 Å². The zero-order valence-electron chi connectivity index (χ0n) is 9.55. The molecule has 5 heteroatoms. The molecule has 1 N–H and O–H groups in total. The molecule has 0 aliphatic rings. The van der Waals surface area contributed by atoms with Crippen LogP contribution in [-0.2, 0) is 0 Å². The summed E-state index contributed by atoms with van der Waals surface area (Å²) in [6.45, 7) is 0. The van der Waals surface area contributed by atoms with Crippen molar-refractivity contribution in [3.63, 3.8) is 0 Å². The third-order valence-corrected chi connectivity index (χ3v) is 2.69. The Hall–Kier alpha value is -2.07. The van der Waals surface area contributed by atoms with Gasteiger partial charge in [0.05, 0.1) is 18.4 Å². The van der Waals surface area contributed by atoms with E-state index in [1.54, 1.807) is 24.3 Å². The Morgan fingerprint density at radius 1 is 1.39 bits per heavy atom. The maximum absolute atomic E-state index is 11.2. The molecule has 0 atom stereocenters. The average Bonchev–Trinajstić information content (AvgIpc) is 2.38. The topological polar surface area (TPSA) is 59.4 Å². The largest absolute Gasteiger partial charge is 0.496 e. The summed E-state index contributed by atoms with van der Waals surface area (Å²) >= 11 is 5.87. The van der Waals surface area contributed by atoms with Crippen molar-refractivity contribution in [2.75, 3.05) is 7.11 Å². The molecule has 0 bridgehead atoms. The number of hydrogen-bond acceptors (Lipinski definition) is 3. The quantitative estimate of drug-likeness (QED) is 0.924. The summed E-state index contributed by atoms with van der Waals surface area (Å²) in [5.41, 5.74) is 1.08. The van der Waals surface area contributed by atoms with Crippen molar-refractivity contribution >= 4 is 17.6 Å². The van der Waals surface area contributed by atoms with Crippen LogP contribution in [0.25, 0.3) is 11.3 Å². The summed E-state index contributed by atoms with van der Waals surface area (Å²) < 4.78 is 5.20. The van der Waals surface area contributed by atoms with Gasteiger partial charge in [-0.1, -0.05) is 11.6 Å². The number of methoxy groups -OCH3 is 1. The van der Waals surface area contributed by atoms with Gasteiger partial charge in [0, 0.05) is 16.8 Å². The Kier molecular flexibility index (Phi) is 3.48. The minimum atomic E-state index is -1.03. The van der Waals surface area contributed by atoms with E-state index in [9.17, 15) is 4.79 Å². The summed E-state index contributed by atoms with van der Waals surface area (Å²) in [5, 5.41) is 9.66. The van der Waals surface area contributed by atoms with Gasteiger partial charge < -0.3 is 9.84 Å². The van der Waals surface area contributed by atoms with Gasteiger partial charge in [-0.25, -0.2) is 4.79 Å². The maximum atomic E-state index is 11.2. The number of halogens is 1. The maximum Gasteiger partial charge on any atom is 0.337 e. The van der Waals surface area contributed by atoms with Crippen LogP contribution < -0.4 is 4.74 Å². The summed E-state index contributed by atoms with van der Waals surface area (Å²) in [6.07, 6.45) is 1.54. The van der Waals surface area contributed by atoms with Gasteiger partial charge in [-0.2, -0.15) is 0 Å². The van der Waals surface area contributed by atoms with Crippen molar-refractivity contribution in [2.45, 2.75) is 0 Å². The minimum absolute atomic E-state index is 0.123. The highest BCUT2D eigenvalue weighted by Gasteiger charge is 2.16. The van der Waals surface area contributed by atoms with Crippen molar-refractivity contribution < 1.29 is 14.6 Å². The highest BCUT2D eigenvalue weighted by molar-refractivity contribution is 6.30. The second-order valence-electron chi connectivity index (χ2n) is 3.55. The number of nitrogens with zero attached hydrogens (tertiary/aromatic N) is 1. The van der Waals surface area contributed by atoms with Crippen LogP contribution in [0.3, 0.4) is 0 Å². The molecule has 0 aliphatic carbocycles. The van der Waals surface area contributed by atoms with Crippen LogP contribution in [-0.4, -0.2) is 23.2 Å². The van der Waals surface area contributed by atoms with Crippen LogP contribution >= 0.6 is 11.6 Å². The molecule has 0 saturated carbocycles. The van der Waals surface area contributed by atoms with E-state index in [2.05, 4.69) is 4.98 Å². The van der Waals surface area contributed by atoms with Crippen LogP contribution in [0.15, 0.2) is 36.5 Å². The normalized spacial score (nSPS) is 10.1. The van der Waals surface area contributed by atoms with Gasteiger partial charge in [0.15, 0.2) is 0 Å². The molecule has 4 nitrogen and oxygen atoms in total. The zero-order chi connectivity index (χ0) is 13.1. The molecule has 1 heterocycles. The van der Waals surface area contributed by atoms with Crippen molar-refractivity contribution in [1.29, 1.82) is 0 Å². The number of carboxylic acids is 1. The van der Waals surface area contributed by atoms with E-state index in [-0.39, 0.29) is 5.56 Å². The van der Waals surface area contributed by atoms with E-state index >= 15 is 0 Å². The van der Waals surface area contributed by atoms with Gasteiger partial charge in [0.25, 0.3) is 0 Å². The van der Waals surface area contributed by atoms with Crippen LogP contribution in [0.2, 0.25) is 5.02 Å². The summed E-state index contributed by atoms with van der Waals surface area (Å²) in [7, 11) is 1.50. The number of aromatic nitrogens is 1. The molecule has 0 amide bonds. The van der Waals surface area contributed by atoms with E-state index in [1.807, 2.05) is 0 Å². The number of ether oxygens (including phenoxy) is 1. The first-order valence-electron chi connectivity index (χ1n) is 5.15. The molecule has 18 heavy (non-hydrogen) atoms. The first-order chi connectivity index (χ1) is 8.63. The van der Waals surface area contributed by atoms with Crippen molar-refractivity contribution in [2.24, 2.45) is 0 Å². The Morgan fingerprint density at radius 2 is 2.17 bits per heavy atom. The fraction of sp³-hybridized carbons (Fsp3) is 0.0769. The molecule has 2 aromatic rings. The van der Waals surface area contributed by atoms with Crippen molar-refractivity contribution in [3.05, 3.63) is 47.1 Å². The van der Waals surface area contributed by atoms with Gasteiger partial charge in [0.2, 0.25) is 0 Å². The average molecular weight is 264 g/mol. The number of pyridine rings is 1. The summed E-state index contributed by atoms with van der Waals surface area (Å²) in [5.74, 6) is -0.543. The third kappa shape index (κ3) is 2.28. The second kappa shape index (κ2) is 5.06. The summed E-state index contributed by atoms with van der Waals surface area (Å²) in [6, 6.07) is 8.06.